The number of pyridine rings is 1. The average Bonchev–Trinajstić information content (AvgIpc) is 3.30. The summed E-state index contributed by atoms with van der Waals surface area (Å²) >= 11 is 0. The lowest BCUT2D eigenvalue weighted by Gasteiger charge is -2.20. The highest BCUT2D eigenvalue weighted by atomic mass is 19.4. The van der Waals surface area contributed by atoms with Gasteiger partial charge in [0.2, 0.25) is 0 Å². The Balaban J connectivity index is 1.31. The van der Waals surface area contributed by atoms with Crippen molar-refractivity contribution >= 4 is 17.5 Å². The Labute approximate surface area is 275 Å². The summed E-state index contributed by atoms with van der Waals surface area (Å²) in [6, 6.07) is 10.5. The molecule has 2 aromatic heterocycles. The van der Waals surface area contributed by atoms with Crippen LogP contribution in [0.25, 0.3) is 22.5 Å². The minimum absolute atomic E-state index is 0.0115. The van der Waals surface area contributed by atoms with Crippen LogP contribution >= 0.6 is 0 Å². The van der Waals surface area contributed by atoms with Crippen LogP contribution in [-0.2, 0) is 26.3 Å². The van der Waals surface area contributed by atoms with E-state index in [-0.39, 0.29) is 35.0 Å². The molecule has 48 heavy (non-hydrogen) atoms. The highest BCUT2D eigenvalue weighted by molar-refractivity contribution is 6.10. The number of hydrogen-bond acceptors (Lipinski definition) is 7. The van der Waals surface area contributed by atoms with E-state index >= 15 is 0 Å². The molecule has 7 rings (SSSR count). The van der Waals surface area contributed by atoms with Crippen LogP contribution in [0.3, 0.4) is 0 Å². The number of nitrogens with zero attached hydrogens (tertiary/aromatic N) is 7. The molecule has 1 spiro atoms. The van der Waals surface area contributed by atoms with Crippen LogP contribution in [0.4, 0.5) is 29.2 Å². The van der Waals surface area contributed by atoms with Gasteiger partial charge in [0.1, 0.15) is 29.8 Å². The van der Waals surface area contributed by atoms with Crippen LogP contribution < -0.4 is 10.2 Å². The number of benzene rings is 2. The molecule has 4 aromatic rings. The Morgan fingerprint density at radius 2 is 1.85 bits per heavy atom. The highest BCUT2D eigenvalue weighted by Crippen LogP contribution is 2.53. The number of hydrogen-bond donors (Lipinski definition) is 1. The van der Waals surface area contributed by atoms with E-state index in [2.05, 4.69) is 25.4 Å². The quantitative estimate of drug-likeness (QED) is 0.208. The van der Waals surface area contributed by atoms with Gasteiger partial charge in [-0.15, -0.1) is 10.2 Å². The van der Waals surface area contributed by atoms with Crippen LogP contribution in [-0.4, -0.2) is 50.2 Å². The molecule has 1 saturated carbocycles. The predicted molar refractivity (Wildman–Crippen MR) is 171 cm³/mol. The Morgan fingerprint density at radius 1 is 1.06 bits per heavy atom. The number of nitriles is 1. The minimum Gasteiger partial charge on any atom is -0.370 e. The molecule has 3 aliphatic rings. The summed E-state index contributed by atoms with van der Waals surface area (Å²) in [7, 11) is 1.70. The number of nitrogens with one attached hydrogen (secondary N) is 1. The molecular weight excluding hydrogens is 624 g/mol. The molecule has 2 fully saturated rings. The molecule has 1 N–H and O–H groups in total. The van der Waals surface area contributed by atoms with E-state index in [1.165, 1.54) is 29.4 Å². The maximum Gasteiger partial charge on any atom is 0.416 e. The second kappa shape index (κ2) is 11.7. The number of alkyl halides is 3. The van der Waals surface area contributed by atoms with Gasteiger partial charge in [0, 0.05) is 37.8 Å². The van der Waals surface area contributed by atoms with Crippen LogP contribution in [0.2, 0.25) is 0 Å². The molecule has 1 amide bonds. The molecule has 2 aromatic carbocycles. The summed E-state index contributed by atoms with van der Waals surface area (Å²) in [6.07, 6.45) is 0.165. The number of amides is 1. The van der Waals surface area contributed by atoms with Crippen molar-refractivity contribution in [3.05, 3.63) is 76.4 Å². The first-order valence-corrected chi connectivity index (χ1v) is 16.0. The molecule has 13 heteroatoms. The zero-order valence-electron chi connectivity index (χ0n) is 26.8. The van der Waals surface area contributed by atoms with Gasteiger partial charge in [0.25, 0.3) is 5.91 Å². The van der Waals surface area contributed by atoms with Crippen molar-refractivity contribution < 1.29 is 22.4 Å². The lowest BCUT2D eigenvalue weighted by atomic mass is 9.96. The molecule has 0 atom stereocenters. The molecular formula is C35H34F4N8O. The third-order valence-electron chi connectivity index (χ3n) is 9.56. The van der Waals surface area contributed by atoms with Gasteiger partial charge in [0.15, 0.2) is 5.82 Å². The van der Waals surface area contributed by atoms with Crippen LogP contribution in [0.15, 0.2) is 42.7 Å². The van der Waals surface area contributed by atoms with Gasteiger partial charge in [-0.3, -0.25) is 14.6 Å². The van der Waals surface area contributed by atoms with Gasteiger partial charge in [-0.1, -0.05) is 13.8 Å². The Hall–Kier alpha value is -4.83. The first-order chi connectivity index (χ1) is 22.8. The first-order valence-electron chi connectivity index (χ1n) is 16.0. The maximum absolute atomic E-state index is 15.0. The Bertz CT molecular complexity index is 1970. The summed E-state index contributed by atoms with van der Waals surface area (Å²) in [5, 5.41) is 21.0. The van der Waals surface area contributed by atoms with E-state index in [1.807, 2.05) is 19.9 Å². The molecule has 2 aliphatic heterocycles. The molecule has 1 saturated heterocycles. The molecule has 0 bridgehead atoms. The fourth-order valence-corrected chi connectivity index (χ4v) is 6.82. The fourth-order valence-electron chi connectivity index (χ4n) is 6.82. The number of rotatable bonds is 8. The molecule has 0 unspecified atom stereocenters. The zero-order chi connectivity index (χ0) is 34.0. The summed E-state index contributed by atoms with van der Waals surface area (Å²) < 4.78 is 60.2. The second-order valence-electron chi connectivity index (χ2n) is 13.6. The normalized spacial score (nSPS) is 17.0. The largest absolute Gasteiger partial charge is 0.416 e. The standard InChI is InChI=1S/C35H34F4N8O/c1-20(2)15-41-30-11-22(24-10-23(14-40)29(36)13-25(24)32-44-42-19-45(32)3)12-31(43-30)47-17-27-26(33(47)48)8-21(9-28(27)35(37,38)39)16-46-7-6-34(18-46)4-5-34/h8-13,19-20H,4-7,15-18H2,1-3H3,(H,41,43). The Kier molecular flexibility index (Phi) is 7.74. The number of aryl methyl sites for hydroxylation is 1. The molecule has 4 heterocycles. The molecule has 0 radical (unpaired) electrons. The third kappa shape index (κ3) is 5.89. The number of aromatic nitrogens is 4. The van der Waals surface area contributed by atoms with Crippen LogP contribution in [0, 0.1) is 28.5 Å². The Morgan fingerprint density at radius 3 is 2.50 bits per heavy atom. The number of fused-ring (bicyclic) bond motifs is 1. The van der Waals surface area contributed by atoms with Crippen molar-refractivity contribution in [3.8, 4) is 28.6 Å². The van der Waals surface area contributed by atoms with Gasteiger partial charge in [-0.05, 0) is 95.8 Å². The van der Waals surface area contributed by atoms with Gasteiger partial charge in [-0.2, -0.15) is 18.4 Å². The lowest BCUT2D eigenvalue weighted by Crippen LogP contribution is -2.25. The number of carbonyl (C=O) groups excluding carboxylic acids is 1. The smallest absolute Gasteiger partial charge is 0.370 e. The van der Waals surface area contributed by atoms with E-state index in [0.29, 0.717) is 52.4 Å². The van der Waals surface area contributed by atoms with Crippen LogP contribution in [0.1, 0.15) is 65.7 Å². The molecule has 248 valence electrons. The van der Waals surface area contributed by atoms with E-state index in [4.69, 9.17) is 0 Å². The van der Waals surface area contributed by atoms with Crippen molar-refractivity contribution in [2.75, 3.05) is 29.9 Å². The van der Waals surface area contributed by atoms with Crippen LogP contribution in [0.5, 0.6) is 0 Å². The monoisotopic (exact) mass is 658 g/mol. The number of carbonyl (C=O) groups is 1. The second-order valence-corrected chi connectivity index (χ2v) is 13.6. The van der Waals surface area contributed by atoms with Crippen molar-refractivity contribution in [2.24, 2.45) is 18.4 Å². The highest BCUT2D eigenvalue weighted by Gasteiger charge is 2.48. The molecule has 1 aliphatic carbocycles. The van der Waals surface area contributed by atoms with Gasteiger partial charge in [0.05, 0.1) is 17.7 Å². The summed E-state index contributed by atoms with van der Waals surface area (Å²) in [6.45, 7) is 6.25. The summed E-state index contributed by atoms with van der Waals surface area (Å²) in [4.78, 5) is 22.1. The number of likely N-dealkylation sites (tertiary alicyclic amines) is 1. The van der Waals surface area contributed by atoms with Gasteiger partial charge in [-0.25, -0.2) is 9.37 Å². The zero-order valence-corrected chi connectivity index (χ0v) is 26.8. The van der Waals surface area contributed by atoms with Crippen molar-refractivity contribution in [1.82, 2.24) is 24.6 Å². The summed E-state index contributed by atoms with van der Waals surface area (Å²) in [5.74, 6) is -0.278. The van der Waals surface area contributed by atoms with Crippen molar-refractivity contribution in [2.45, 2.75) is 52.4 Å². The van der Waals surface area contributed by atoms with Gasteiger partial charge >= 0.3 is 6.18 Å². The van der Waals surface area contributed by atoms with Crippen molar-refractivity contribution in [3.63, 3.8) is 0 Å². The van der Waals surface area contributed by atoms with Crippen molar-refractivity contribution in [1.29, 1.82) is 5.26 Å². The fraction of sp³-hybridized carbons (Fsp3) is 0.400. The van der Waals surface area contributed by atoms with Gasteiger partial charge < -0.3 is 9.88 Å². The van der Waals surface area contributed by atoms with E-state index < -0.39 is 23.5 Å². The van der Waals surface area contributed by atoms with E-state index in [9.17, 15) is 27.6 Å². The lowest BCUT2D eigenvalue weighted by molar-refractivity contribution is -0.138. The average molecular weight is 659 g/mol. The number of halogens is 4. The third-order valence-corrected chi connectivity index (χ3v) is 9.56. The molecule has 9 nitrogen and oxygen atoms in total. The minimum atomic E-state index is -4.66. The van der Waals surface area contributed by atoms with E-state index in [1.54, 1.807) is 29.8 Å². The summed E-state index contributed by atoms with van der Waals surface area (Å²) in [5.41, 5.74) is 0.897. The maximum atomic E-state index is 15.0. The van der Waals surface area contributed by atoms with E-state index in [0.717, 1.165) is 32.4 Å². The SMILES string of the molecule is CC(C)CNc1cc(-c2cc(C#N)c(F)cc2-c2nncn2C)cc(N2Cc3c(cc(CN4CCC5(CC5)C4)cc3C(F)(F)F)C2=O)n1. The number of anilines is 2. The predicted octanol–water partition coefficient (Wildman–Crippen LogP) is 6.79. The topological polar surface area (TPSA) is 103 Å². The first kappa shape index (κ1) is 31.8.